The number of benzene rings is 2. The van der Waals surface area contributed by atoms with E-state index < -0.39 is 0 Å². The summed E-state index contributed by atoms with van der Waals surface area (Å²) >= 11 is 1.54. The molecule has 4 nitrogen and oxygen atoms in total. The molecule has 128 valence electrons. The molecule has 1 N–H and O–H groups in total. The van der Waals surface area contributed by atoms with Gasteiger partial charge in [0.05, 0.1) is 12.3 Å². The highest BCUT2D eigenvalue weighted by atomic mass is 32.2. The fourth-order valence-electron chi connectivity index (χ4n) is 2.39. The molecule has 25 heavy (non-hydrogen) atoms. The molecule has 0 aliphatic carbocycles. The number of thioether (sulfide) groups is 1. The Hall–Kier alpha value is -2.53. The van der Waals surface area contributed by atoms with E-state index in [-0.39, 0.29) is 5.56 Å². The maximum absolute atomic E-state index is 11.9. The number of para-hydroxylation sites is 1. The van der Waals surface area contributed by atoms with Crippen LogP contribution in [0.4, 0.5) is 0 Å². The van der Waals surface area contributed by atoms with Crippen molar-refractivity contribution in [1.82, 2.24) is 9.97 Å². The Morgan fingerprint density at radius 3 is 2.64 bits per heavy atom. The maximum atomic E-state index is 11.9. The first-order valence-electron chi connectivity index (χ1n) is 8.20. The minimum absolute atomic E-state index is 0.132. The van der Waals surface area contributed by atoms with Gasteiger partial charge in [0.2, 0.25) is 0 Å². The summed E-state index contributed by atoms with van der Waals surface area (Å²) in [5.41, 5.74) is 2.64. The normalized spacial score (nSPS) is 10.6. The van der Waals surface area contributed by atoms with Crippen molar-refractivity contribution < 1.29 is 4.74 Å². The lowest BCUT2D eigenvalue weighted by Crippen LogP contribution is -2.08. The van der Waals surface area contributed by atoms with Crippen molar-refractivity contribution in [1.29, 1.82) is 0 Å². The molecule has 0 amide bonds. The molecule has 0 atom stereocenters. The monoisotopic (exact) mass is 352 g/mol. The molecule has 3 rings (SSSR count). The van der Waals surface area contributed by atoms with Crippen LogP contribution >= 0.6 is 11.8 Å². The Morgan fingerprint density at radius 1 is 1.08 bits per heavy atom. The molecule has 0 bridgehead atoms. The first kappa shape index (κ1) is 17.3. The van der Waals surface area contributed by atoms with E-state index in [1.807, 2.05) is 61.5 Å². The van der Waals surface area contributed by atoms with Crippen LogP contribution in [0.5, 0.6) is 5.75 Å². The minimum Gasteiger partial charge on any atom is -0.493 e. The summed E-state index contributed by atoms with van der Waals surface area (Å²) < 4.78 is 5.79. The average molecular weight is 352 g/mol. The largest absolute Gasteiger partial charge is 0.493 e. The number of rotatable bonds is 7. The van der Waals surface area contributed by atoms with Crippen LogP contribution in [0.25, 0.3) is 11.3 Å². The van der Waals surface area contributed by atoms with Gasteiger partial charge in [-0.25, -0.2) is 4.98 Å². The summed E-state index contributed by atoms with van der Waals surface area (Å²) in [6.07, 6.45) is 0.873. The second kappa shape index (κ2) is 8.53. The molecular weight excluding hydrogens is 332 g/mol. The number of hydrogen-bond acceptors (Lipinski definition) is 4. The third kappa shape index (κ3) is 4.97. The molecule has 3 aromatic rings. The number of hydrogen-bond donors (Lipinski definition) is 1. The lowest BCUT2D eigenvalue weighted by Gasteiger charge is -2.08. The molecule has 1 aromatic heterocycles. The van der Waals surface area contributed by atoms with E-state index >= 15 is 0 Å². The quantitative estimate of drug-likeness (QED) is 0.391. The van der Waals surface area contributed by atoms with Gasteiger partial charge in [-0.15, -0.1) is 0 Å². The van der Waals surface area contributed by atoms with Crippen molar-refractivity contribution in [2.24, 2.45) is 0 Å². The van der Waals surface area contributed by atoms with E-state index in [4.69, 9.17) is 4.74 Å². The van der Waals surface area contributed by atoms with E-state index in [1.54, 1.807) is 0 Å². The smallest absolute Gasteiger partial charge is 0.252 e. The number of nitrogens with zero attached hydrogens (tertiary/aromatic N) is 1. The third-order valence-electron chi connectivity index (χ3n) is 3.67. The molecule has 0 saturated heterocycles. The van der Waals surface area contributed by atoms with Crippen LogP contribution in [0.1, 0.15) is 12.0 Å². The van der Waals surface area contributed by atoms with Crippen LogP contribution in [-0.2, 0) is 0 Å². The Balaban J connectivity index is 1.54. The van der Waals surface area contributed by atoms with E-state index in [0.29, 0.717) is 17.5 Å². The lowest BCUT2D eigenvalue weighted by atomic mass is 10.1. The van der Waals surface area contributed by atoms with E-state index in [0.717, 1.165) is 29.1 Å². The summed E-state index contributed by atoms with van der Waals surface area (Å²) in [6.45, 7) is 2.67. The molecule has 0 aliphatic rings. The van der Waals surface area contributed by atoms with Gasteiger partial charge in [-0.3, -0.25) is 4.79 Å². The number of aromatic nitrogens is 2. The standard InChI is InChI=1S/C20H20N2O2S/c1-15-8-5-6-11-18(15)24-12-7-13-25-20-21-17(14-19(23)22-20)16-9-3-2-4-10-16/h2-6,8-11,14H,7,12-13H2,1H3,(H,21,22,23). The van der Waals surface area contributed by atoms with Crippen LogP contribution in [0, 0.1) is 6.92 Å². The van der Waals surface area contributed by atoms with Gasteiger partial charge < -0.3 is 9.72 Å². The zero-order valence-electron chi connectivity index (χ0n) is 14.1. The van der Waals surface area contributed by atoms with Crippen molar-refractivity contribution in [2.75, 3.05) is 12.4 Å². The molecular formula is C20H20N2O2S. The van der Waals surface area contributed by atoms with Crippen LogP contribution < -0.4 is 10.3 Å². The van der Waals surface area contributed by atoms with E-state index in [1.165, 1.54) is 17.8 Å². The van der Waals surface area contributed by atoms with Crippen molar-refractivity contribution in [2.45, 2.75) is 18.5 Å². The third-order valence-corrected chi connectivity index (χ3v) is 4.63. The minimum atomic E-state index is -0.132. The molecule has 5 heteroatoms. The Morgan fingerprint density at radius 2 is 1.84 bits per heavy atom. The molecule has 0 fully saturated rings. The molecule has 0 aliphatic heterocycles. The predicted molar refractivity (Wildman–Crippen MR) is 102 cm³/mol. The van der Waals surface area contributed by atoms with Gasteiger partial charge >= 0.3 is 0 Å². The molecule has 2 aromatic carbocycles. The Kier molecular flexibility index (Phi) is 5.90. The van der Waals surface area contributed by atoms with Crippen LogP contribution in [0.2, 0.25) is 0 Å². The zero-order chi connectivity index (χ0) is 17.5. The summed E-state index contributed by atoms with van der Waals surface area (Å²) in [5.74, 6) is 1.75. The number of aryl methyl sites for hydroxylation is 1. The molecule has 0 radical (unpaired) electrons. The van der Waals surface area contributed by atoms with E-state index in [2.05, 4.69) is 9.97 Å². The van der Waals surface area contributed by atoms with Crippen molar-refractivity contribution in [3.05, 3.63) is 76.6 Å². The number of aromatic amines is 1. The number of H-pyrrole nitrogens is 1. The fraction of sp³-hybridized carbons (Fsp3) is 0.200. The molecule has 0 saturated carbocycles. The molecule has 0 spiro atoms. The first-order chi connectivity index (χ1) is 12.2. The van der Waals surface area contributed by atoms with Gasteiger partial charge in [-0.05, 0) is 25.0 Å². The average Bonchev–Trinajstić information content (AvgIpc) is 2.63. The van der Waals surface area contributed by atoms with Crippen molar-refractivity contribution in [3.63, 3.8) is 0 Å². The summed E-state index contributed by atoms with van der Waals surface area (Å²) in [5, 5.41) is 0.641. The summed E-state index contributed by atoms with van der Waals surface area (Å²) in [7, 11) is 0. The zero-order valence-corrected chi connectivity index (χ0v) is 14.9. The predicted octanol–water partition coefficient (Wildman–Crippen LogP) is 4.31. The number of nitrogens with one attached hydrogen (secondary N) is 1. The molecule has 1 heterocycles. The van der Waals surface area contributed by atoms with E-state index in [9.17, 15) is 4.79 Å². The highest BCUT2D eigenvalue weighted by Crippen LogP contribution is 2.20. The Bertz CT molecular complexity index is 878. The second-order valence-corrected chi connectivity index (χ2v) is 6.70. The topological polar surface area (TPSA) is 55.0 Å². The van der Waals surface area contributed by atoms with Crippen molar-refractivity contribution in [3.8, 4) is 17.0 Å². The van der Waals surface area contributed by atoms with Crippen LogP contribution in [0.3, 0.4) is 0 Å². The molecule has 0 unspecified atom stereocenters. The van der Waals surface area contributed by atoms with Gasteiger partial charge in [0, 0.05) is 17.4 Å². The van der Waals surface area contributed by atoms with Gasteiger partial charge in [-0.1, -0.05) is 60.3 Å². The lowest BCUT2D eigenvalue weighted by molar-refractivity contribution is 0.316. The maximum Gasteiger partial charge on any atom is 0.252 e. The van der Waals surface area contributed by atoms with Gasteiger partial charge in [0.25, 0.3) is 5.56 Å². The van der Waals surface area contributed by atoms with Gasteiger partial charge in [0.15, 0.2) is 5.16 Å². The number of ether oxygens (including phenoxy) is 1. The van der Waals surface area contributed by atoms with Crippen molar-refractivity contribution >= 4 is 11.8 Å². The Labute approximate surface area is 151 Å². The SMILES string of the molecule is Cc1ccccc1OCCCSc1nc(-c2ccccc2)cc(=O)[nH]1. The highest BCUT2D eigenvalue weighted by Gasteiger charge is 2.05. The van der Waals surface area contributed by atoms with Crippen LogP contribution in [0.15, 0.2) is 70.6 Å². The fourth-order valence-corrected chi connectivity index (χ4v) is 3.18. The van der Waals surface area contributed by atoms with Gasteiger partial charge in [-0.2, -0.15) is 0 Å². The van der Waals surface area contributed by atoms with Gasteiger partial charge in [0.1, 0.15) is 5.75 Å². The summed E-state index contributed by atoms with van der Waals surface area (Å²) in [6, 6.07) is 19.2. The highest BCUT2D eigenvalue weighted by molar-refractivity contribution is 7.99. The summed E-state index contributed by atoms with van der Waals surface area (Å²) in [4.78, 5) is 19.2. The second-order valence-electron chi connectivity index (χ2n) is 5.62. The van der Waals surface area contributed by atoms with Crippen LogP contribution in [-0.4, -0.2) is 22.3 Å². The first-order valence-corrected chi connectivity index (χ1v) is 9.19.